The van der Waals surface area contributed by atoms with Crippen LogP contribution in [0.2, 0.25) is 0 Å². The van der Waals surface area contributed by atoms with E-state index < -0.39 is 0 Å². The number of benzene rings is 1. The van der Waals surface area contributed by atoms with Crippen molar-refractivity contribution < 1.29 is 27.3 Å². The number of nitrogens with two attached hydrogens (primary N) is 2. The maximum atomic E-state index is 12.1. The molecule has 0 fully saturated rings. The van der Waals surface area contributed by atoms with Crippen LogP contribution in [-0.2, 0) is 4.74 Å². The summed E-state index contributed by atoms with van der Waals surface area (Å²) in [7, 11) is 0. The van der Waals surface area contributed by atoms with E-state index in [4.69, 9.17) is 10.5 Å². The summed E-state index contributed by atoms with van der Waals surface area (Å²) < 4.78 is 5.53. The topological polar surface area (TPSA) is 68.9 Å². The molecule has 0 radical (unpaired) electrons. The average molecular weight is 357 g/mol. The number of esters is 1. The van der Waals surface area contributed by atoms with Crippen LogP contribution in [0.25, 0.3) is 0 Å². The molecule has 1 aromatic rings. The molecule has 1 aromatic carbocycles. The number of rotatable bonds is 9. The predicted octanol–water partition coefficient (Wildman–Crippen LogP) is -0.158. The molecule has 0 aromatic heterocycles. The molecule has 4 N–H and O–H groups in total. The van der Waals surface area contributed by atoms with Gasteiger partial charge in [0.15, 0.2) is 0 Å². The molecule has 1 atom stereocenters. The number of anilines is 1. The first-order chi connectivity index (χ1) is 10.8. The lowest BCUT2D eigenvalue weighted by atomic mass is 9.95. The minimum absolute atomic E-state index is 0. The Bertz CT molecular complexity index is 465. The molecule has 0 spiro atoms. The maximum Gasteiger partial charge on any atom is 0.338 e. The number of carbonyl (C=O) groups is 1. The van der Waals surface area contributed by atoms with Crippen molar-refractivity contribution in [3.63, 3.8) is 0 Å². The molecule has 138 valence electrons. The van der Waals surface area contributed by atoms with Crippen molar-refractivity contribution in [2.75, 3.05) is 12.3 Å². The number of carbonyl (C=O) groups excluding carboxylic acids is 1. The molecular formula is C19H33ClN2O2. The molecular weight excluding hydrogens is 324 g/mol. The Labute approximate surface area is 152 Å². The van der Waals surface area contributed by atoms with Crippen LogP contribution in [0.5, 0.6) is 0 Å². The van der Waals surface area contributed by atoms with Gasteiger partial charge in [-0.25, -0.2) is 4.79 Å². The highest BCUT2D eigenvalue weighted by Crippen LogP contribution is 2.11. The second-order valence-corrected chi connectivity index (χ2v) is 7.33. The van der Waals surface area contributed by atoms with Gasteiger partial charge in [0.25, 0.3) is 0 Å². The van der Waals surface area contributed by atoms with Crippen LogP contribution >= 0.6 is 0 Å². The third-order valence-electron chi connectivity index (χ3n) is 3.80. The van der Waals surface area contributed by atoms with Crippen LogP contribution in [0.3, 0.4) is 0 Å². The molecule has 0 aliphatic rings. The Morgan fingerprint density at radius 2 is 1.54 bits per heavy atom. The Morgan fingerprint density at radius 3 is 2.00 bits per heavy atom. The van der Waals surface area contributed by atoms with Crippen molar-refractivity contribution in [2.45, 2.75) is 59.6 Å². The molecule has 0 bridgehead atoms. The molecule has 0 saturated heterocycles. The molecule has 1 rings (SSSR count). The average Bonchev–Trinajstić information content (AvgIpc) is 2.44. The molecule has 0 heterocycles. The molecule has 0 aliphatic heterocycles. The summed E-state index contributed by atoms with van der Waals surface area (Å²) in [5, 5.41) is 2.33. The zero-order valence-corrected chi connectivity index (χ0v) is 16.3. The third kappa shape index (κ3) is 9.14. The minimum Gasteiger partial charge on any atom is -1.00 e. The van der Waals surface area contributed by atoms with Crippen LogP contribution < -0.4 is 23.5 Å². The first-order valence-electron chi connectivity index (χ1n) is 8.67. The van der Waals surface area contributed by atoms with Gasteiger partial charge in [0.2, 0.25) is 0 Å². The second-order valence-electron chi connectivity index (χ2n) is 7.33. The van der Waals surface area contributed by atoms with E-state index >= 15 is 0 Å². The molecule has 5 heteroatoms. The van der Waals surface area contributed by atoms with Gasteiger partial charge in [-0.2, -0.15) is 0 Å². The standard InChI is InChI=1S/C19H32N2O2.ClH/c1-13(2)10-18(11-14(3)4)21-12-15(5)23-19(22)16-6-8-17(20)9-7-16;/h6-9,13-15,18,21H,10-12,20H2,1-5H3;1H. The number of ether oxygens (including phenoxy) is 1. The van der Waals surface area contributed by atoms with Gasteiger partial charge in [0.1, 0.15) is 12.6 Å². The summed E-state index contributed by atoms with van der Waals surface area (Å²) in [5.74, 6) is 1.08. The number of halogens is 1. The molecule has 0 aliphatic carbocycles. The van der Waals surface area contributed by atoms with E-state index in [2.05, 4.69) is 33.0 Å². The zero-order valence-electron chi connectivity index (χ0n) is 15.6. The molecule has 0 amide bonds. The number of nitrogen functional groups attached to an aromatic ring is 1. The lowest BCUT2D eigenvalue weighted by molar-refractivity contribution is -0.696. The molecule has 0 saturated carbocycles. The van der Waals surface area contributed by atoms with Crippen molar-refractivity contribution >= 4 is 11.7 Å². The van der Waals surface area contributed by atoms with E-state index in [9.17, 15) is 4.79 Å². The van der Waals surface area contributed by atoms with Gasteiger partial charge in [-0.05, 0) is 43.0 Å². The highest BCUT2D eigenvalue weighted by molar-refractivity contribution is 5.89. The van der Waals surface area contributed by atoms with E-state index in [1.165, 1.54) is 12.8 Å². The van der Waals surface area contributed by atoms with Gasteiger partial charge in [-0.15, -0.1) is 0 Å². The Balaban J connectivity index is 0.00000529. The van der Waals surface area contributed by atoms with Crippen LogP contribution in [-0.4, -0.2) is 24.7 Å². The largest absolute Gasteiger partial charge is 1.00 e. The fourth-order valence-electron chi connectivity index (χ4n) is 2.80. The first-order valence-corrected chi connectivity index (χ1v) is 8.67. The monoisotopic (exact) mass is 356 g/mol. The smallest absolute Gasteiger partial charge is 0.338 e. The fourth-order valence-corrected chi connectivity index (χ4v) is 2.80. The van der Waals surface area contributed by atoms with E-state index in [-0.39, 0.29) is 24.5 Å². The highest BCUT2D eigenvalue weighted by Gasteiger charge is 2.19. The van der Waals surface area contributed by atoms with Crippen LogP contribution in [0.15, 0.2) is 24.3 Å². The number of hydrogen-bond acceptors (Lipinski definition) is 3. The van der Waals surface area contributed by atoms with E-state index in [0.29, 0.717) is 29.1 Å². The van der Waals surface area contributed by atoms with Crippen LogP contribution in [0, 0.1) is 11.8 Å². The lowest BCUT2D eigenvalue weighted by Crippen LogP contribution is -3.00. The van der Waals surface area contributed by atoms with Gasteiger partial charge in [0, 0.05) is 18.5 Å². The van der Waals surface area contributed by atoms with Crippen molar-refractivity contribution in [1.82, 2.24) is 0 Å². The summed E-state index contributed by atoms with van der Waals surface area (Å²) in [5.41, 5.74) is 6.83. The second kappa shape index (κ2) is 11.3. The third-order valence-corrected chi connectivity index (χ3v) is 3.80. The summed E-state index contributed by atoms with van der Waals surface area (Å²) in [6.45, 7) is 11.8. The molecule has 4 nitrogen and oxygen atoms in total. The molecule has 1 unspecified atom stereocenters. The van der Waals surface area contributed by atoms with Gasteiger partial charge < -0.3 is 28.2 Å². The van der Waals surface area contributed by atoms with E-state index in [1.807, 2.05) is 6.92 Å². The minimum atomic E-state index is -0.282. The number of hydrogen-bond donors (Lipinski definition) is 2. The first kappa shape index (κ1) is 22.7. The van der Waals surface area contributed by atoms with E-state index in [0.717, 1.165) is 6.54 Å². The van der Waals surface area contributed by atoms with Crippen molar-refractivity contribution in [3.05, 3.63) is 29.8 Å². The maximum absolute atomic E-state index is 12.1. The van der Waals surface area contributed by atoms with Gasteiger partial charge in [0.05, 0.1) is 11.6 Å². The Hall–Kier alpha value is -1.26. The van der Waals surface area contributed by atoms with Crippen molar-refractivity contribution in [1.29, 1.82) is 0 Å². The fraction of sp³-hybridized carbons (Fsp3) is 0.632. The lowest BCUT2D eigenvalue weighted by Gasteiger charge is -2.21. The summed E-state index contributed by atoms with van der Waals surface area (Å²) in [6, 6.07) is 7.43. The quantitative estimate of drug-likeness (QED) is 0.477. The van der Waals surface area contributed by atoms with Gasteiger partial charge in [-0.3, -0.25) is 0 Å². The summed E-state index contributed by atoms with van der Waals surface area (Å²) in [4.78, 5) is 12.1. The van der Waals surface area contributed by atoms with Crippen molar-refractivity contribution in [2.24, 2.45) is 11.8 Å². The number of quaternary nitrogens is 1. The van der Waals surface area contributed by atoms with Gasteiger partial charge >= 0.3 is 5.97 Å². The summed E-state index contributed by atoms with van der Waals surface area (Å²) >= 11 is 0. The Kier molecular flexibility index (Phi) is 10.7. The zero-order chi connectivity index (χ0) is 17.4. The van der Waals surface area contributed by atoms with Crippen molar-refractivity contribution in [3.8, 4) is 0 Å². The molecule has 24 heavy (non-hydrogen) atoms. The van der Waals surface area contributed by atoms with Crippen LogP contribution in [0.1, 0.15) is 57.8 Å². The Morgan fingerprint density at radius 1 is 1.04 bits per heavy atom. The highest BCUT2D eigenvalue weighted by atomic mass is 35.5. The van der Waals surface area contributed by atoms with E-state index in [1.54, 1.807) is 24.3 Å². The SMILES string of the molecule is CC(C)CC(CC(C)C)[NH2+]CC(C)OC(=O)c1ccc(N)cc1.[Cl-]. The summed E-state index contributed by atoms with van der Waals surface area (Å²) in [6.07, 6.45) is 2.27. The van der Waals surface area contributed by atoms with Gasteiger partial charge in [-0.1, -0.05) is 27.7 Å². The van der Waals surface area contributed by atoms with Crippen LogP contribution in [0.4, 0.5) is 5.69 Å². The predicted molar refractivity (Wildman–Crippen MR) is 95.2 cm³/mol. The normalized spacial score (nSPS) is 12.3.